The van der Waals surface area contributed by atoms with Crippen LogP contribution in [-0.2, 0) is 0 Å². The molecule has 54 valence electrons. The van der Waals surface area contributed by atoms with Crippen LogP contribution < -0.4 is 0 Å². The first kappa shape index (κ1) is 7.36. The Bertz CT molecular complexity index is 321. The second kappa shape index (κ2) is 2.89. The maximum atomic E-state index is 10.3. The van der Waals surface area contributed by atoms with E-state index in [2.05, 4.69) is 5.92 Å². The lowest BCUT2D eigenvalue weighted by atomic mass is 10.1. The van der Waals surface area contributed by atoms with Crippen molar-refractivity contribution in [2.24, 2.45) is 0 Å². The molecule has 2 nitrogen and oxygen atoms in total. The summed E-state index contributed by atoms with van der Waals surface area (Å²) in [4.78, 5) is 10.3. The van der Waals surface area contributed by atoms with Crippen molar-refractivity contribution in [1.29, 1.82) is 0 Å². The van der Waals surface area contributed by atoms with Crippen LogP contribution in [0.3, 0.4) is 0 Å². The molecule has 0 heterocycles. The van der Waals surface area contributed by atoms with Crippen LogP contribution in [0.4, 0.5) is 0 Å². The molecule has 0 amide bonds. The minimum Gasteiger partial charge on any atom is -0.507 e. The molecule has 0 aliphatic rings. The largest absolute Gasteiger partial charge is 0.507 e. The van der Waals surface area contributed by atoms with Crippen molar-refractivity contribution >= 4 is 6.29 Å². The van der Waals surface area contributed by atoms with Gasteiger partial charge in [-0.3, -0.25) is 4.79 Å². The molecule has 0 radical (unpaired) electrons. The van der Waals surface area contributed by atoms with Gasteiger partial charge in [0.1, 0.15) is 5.75 Å². The van der Waals surface area contributed by atoms with Crippen LogP contribution >= 0.6 is 0 Å². The Hall–Kier alpha value is -1.75. The van der Waals surface area contributed by atoms with E-state index in [0.29, 0.717) is 11.8 Å². The van der Waals surface area contributed by atoms with Gasteiger partial charge in [-0.05, 0) is 18.2 Å². The molecule has 1 rings (SSSR count). The Kier molecular flexibility index (Phi) is 1.93. The van der Waals surface area contributed by atoms with E-state index in [1.165, 1.54) is 12.1 Å². The highest BCUT2D eigenvalue weighted by molar-refractivity contribution is 5.79. The summed E-state index contributed by atoms with van der Waals surface area (Å²) in [7, 11) is 0. The number of aromatic hydroxyl groups is 1. The molecule has 2 heteroatoms. The normalized spacial score (nSPS) is 8.64. The molecule has 0 saturated heterocycles. The fraction of sp³-hybridized carbons (Fsp3) is 0. The molecule has 0 aliphatic carbocycles. The lowest BCUT2D eigenvalue weighted by Gasteiger charge is -1.95. The molecule has 1 aromatic carbocycles. The van der Waals surface area contributed by atoms with Crippen molar-refractivity contribution in [3.63, 3.8) is 0 Å². The summed E-state index contributed by atoms with van der Waals surface area (Å²) in [6.45, 7) is 0. The summed E-state index contributed by atoms with van der Waals surface area (Å²) in [5.41, 5.74) is 0.811. The van der Waals surface area contributed by atoms with E-state index in [9.17, 15) is 4.79 Å². The van der Waals surface area contributed by atoms with Crippen molar-refractivity contribution in [2.45, 2.75) is 0 Å². The number of benzene rings is 1. The number of carbonyl (C=O) groups is 1. The number of hydrogen-bond donors (Lipinski definition) is 1. The minimum absolute atomic E-state index is 0.0426. The second-order valence-corrected chi connectivity index (χ2v) is 2.04. The zero-order valence-electron chi connectivity index (χ0n) is 5.74. The number of phenolic OH excluding ortho intramolecular Hbond substituents is 1. The van der Waals surface area contributed by atoms with Crippen molar-refractivity contribution in [3.8, 4) is 18.1 Å². The van der Waals surface area contributed by atoms with Gasteiger partial charge in [-0.2, -0.15) is 0 Å². The van der Waals surface area contributed by atoms with Crippen molar-refractivity contribution in [1.82, 2.24) is 0 Å². The van der Waals surface area contributed by atoms with Crippen LogP contribution in [0.25, 0.3) is 0 Å². The topological polar surface area (TPSA) is 37.3 Å². The van der Waals surface area contributed by atoms with Gasteiger partial charge in [0.25, 0.3) is 0 Å². The molecule has 0 aromatic heterocycles. The molecular weight excluding hydrogens is 140 g/mol. The first-order valence-electron chi connectivity index (χ1n) is 3.02. The first-order chi connectivity index (χ1) is 5.27. The fourth-order valence-electron chi connectivity index (χ4n) is 0.739. The molecule has 0 spiro atoms. The number of hydrogen-bond acceptors (Lipinski definition) is 2. The molecule has 1 N–H and O–H groups in total. The third kappa shape index (κ3) is 1.39. The molecule has 0 aliphatic heterocycles. The van der Waals surface area contributed by atoms with Crippen molar-refractivity contribution < 1.29 is 9.90 Å². The van der Waals surface area contributed by atoms with Crippen LogP contribution in [0.5, 0.6) is 5.75 Å². The van der Waals surface area contributed by atoms with Crippen molar-refractivity contribution in [2.75, 3.05) is 0 Å². The molecule has 0 atom stereocenters. The van der Waals surface area contributed by atoms with Gasteiger partial charge in [0.15, 0.2) is 6.29 Å². The van der Waals surface area contributed by atoms with Gasteiger partial charge < -0.3 is 5.11 Å². The molecular formula is C9H6O2. The number of phenols is 1. The fourth-order valence-corrected chi connectivity index (χ4v) is 0.739. The zero-order valence-corrected chi connectivity index (χ0v) is 5.74. The van der Waals surface area contributed by atoms with Crippen LogP contribution in [0, 0.1) is 12.3 Å². The molecule has 0 unspecified atom stereocenters. The third-order valence-corrected chi connectivity index (χ3v) is 1.32. The Morgan fingerprint density at radius 3 is 2.82 bits per heavy atom. The summed E-state index contributed by atoms with van der Waals surface area (Å²) in [6.07, 6.45) is 5.64. The summed E-state index contributed by atoms with van der Waals surface area (Å²) < 4.78 is 0. The van der Waals surface area contributed by atoms with Gasteiger partial charge in [-0.15, -0.1) is 6.42 Å². The SMILES string of the molecule is C#Cc1ccc(O)c(C=O)c1. The zero-order chi connectivity index (χ0) is 8.27. The maximum Gasteiger partial charge on any atom is 0.153 e. The van der Waals surface area contributed by atoms with E-state index < -0.39 is 0 Å². The van der Waals surface area contributed by atoms with Crippen LogP contribution in [-0.4, -0.2) is 11.4 Å². The molecule has 0 bridgehead atoms. The van der Waals surface area contributed by atoms with Gasteiger partial charge in [0, 0.05) is 5.56 Å². The molecule has 0 saturated carbocycles. The Labute approximate surface area is 64.5 Å². The average molecular weight is 146 g/mol. The Balaban J connectivity index is 3.25. The number of rotatable bonds is 1. The highest BCUT2D eigenvalue weighted by Crippen LogP contribution is 2.15. The van der Waals surface area contributed by atoms with Gasteiger partial charge in [-0.1, -0.05) is 5.92 Å². The quantitative estimate of drug-likeness (QED) is 0.477. The van der Waals surface area contributed by atoms with E-state index in [1.54, 1.807) is 6.07 Å². The summed E-state index contributed by atoms with van der Waals surface area (Å²) in [5, 5.41) is 9.03. The maximum absolute atomic E-state index is 10.3. The molecule has 1 aromatic rings. The average Bonchev–Trinajstić information content (AvgIpc) is 2.05. The van der Waals surface area contributed by atoms with Crippen LogP contribution in [0.15, 0.2) is 18.2 Å². The standard InChI is InChI=1S/C9H6O2/c1-2-7-3-4-9(11)8(5-7)6-10/h1,3-6,11H. The third-order valence-electron chi connectivity index (χ3n) is 1.32. The number of terminal acetylenes is 1. The summed E-state index contributed by atoms with van der Waals surface area (Å²) in [6, 6.07) is 4.43. The molecule has 0 fully saturated rings. The van der Waals surface area contributed by atoms with E-state index in [1.807, 2.05) is 0 Å². The molecule has 11 heavy (non-hydrogen) atoms. The van der Waals surface area contributed by atoms with Crippen molar-refractivity contribution in [3.05, 3.63) is 29.3 Å². The first-order valence-corrected chi connectivity index (χ1v) is 3.02. The van der Waals surface area contributed by atoms with Gasteiger partial charge in [0.2, 0.25) is 0 Å². The minimum atomic E-state index is -0.0426. The Morgan fingerprint density at radius 1 is 1.55 bits per heavy atom. The number of aldehydes is 1. The van der Waals surface area contributed by atoms with Crippen LogP contribution in [0.1, 0.15) is 15.9 Å². The summed E-state index contributed by atoms with van der Waals surface area (Å²) in [5.74, 6) is 2.32. The van der Waals surface area contributed by atoms with Gasteiger partial charge >= 0.3 is 0 Å². The summed E-state index contributed by atoms with van der Waals surface area (Å²) >= 11 is 0. The smallest absolute Gasteiger partial charge is 0.153 e. The predicted molar refractivity (Wildman–Crippen MR) is 41.4 cm³/mol. The van der Waals surface area contributed by atoms with E-state index in [-0.39, 0.29) is 11.3 Å². The van der Waals surface area contributed by atoms with E-state index >= 15 is 0 Å². The highest BCUT2D eigenvalue weighted by Gasteiger charge is 1.98. The monoisotopic (exact) mass is 146 g/mol. The van der Waals surface area contributed by atoms with E-state index in [4.69, 9.17) is 11.5 Å². The Morgan fingerprint density at radius 2 is 2.27 bits per heavy atom. The van der Waals surface area contributed by atoms with Gasteiger partial charge in [0.05, 0.1) is 5.56 Å². The number of carbonyl (C=O) groups excluding carboxylic acids is 1. The van der Waals surface area contributed by atoms with E-state index in [0.717, 1.165) is 0 Å². The van der Waals surface area contributed by atoms with Gasteiger partial charge in [-0.25, -0.2) is 0 Å². The predicted octanol–water partition coefficient (Wildman–Crippen LogP) is 1.19. The highest BCUT2D eigenvalue weighted by atomic mass is 16.3. The lowest BCUT2D eigenvalue weighted by Crippen LogP contribution is -1.82. The lowest BCUT2D eigenvalue weighted by molar-refractivity contribution is 0.112. The second-order valence-electron chi connectivity index (χ2n) is 2.04. The van der Waals surface area contributed by atoms with Crippen LogP contribution in [0.2, 0.25) is 0 Å².